The van der Waals surface area contributed by atoms with Crippen LogP contribution in [0, 0.1) is 11.7 Å². The Morgan fingerprint density at radius 2 is 2.16 bits per heavy atom. The van der Waals surface area contributed by atoms with Gasteiger partial charge in [-0.15, -0.1) is 0 Å². The second kappa shape index (κ2) is 12.5. The minimum atomic E-state index is -0.964. The summed E-state index contributed by atoms with van der Waals surface area (Å²) in [5.74, 6) is 0.132. The van der Waals surface area contributed by atoms with Gasteiger partial charge in [-0.25, -0.2) is 9.37 Å². The molecule has 1 unspecified atom stereocenters. The van der Waals surface area contributed by atoms with E-state index in [0.29, 0.717) is 37.8 Å². The van der Waals surface area contributed by atoms with Gasteiger partial charge in [-0.05, 0) is 92.2 Å². The van der Waals surface area contributed by atoms with Gasteiger partial charge < -0.3 is 19.9 Å². The summed E-state index contributed by atoms with van der Waals surface area (Å²) in [5.41, 5.74) is 3.71. The van der Waals surface area contributed by atoms with E-state index < -0.39 is 17.8 Å². The second-order valence-corrected chi connectivity index (χ2v) is 11.1. The third kappa shape index (κ3) is 6.53. The first-order valence-electron chi connectivity index (χ1n) is 14.2. The van der Waals surface area contributed by atoms with Crippen molar-refractivity contribution in [1.29, 1.82) is 0 Å². The van der Waals surface area contributed by atoms with E-state index in [0.717, 1.165) is 75.0 Å². The summed E-state index contributed by atoms with van der Waals surface area (Å²) in [6.07, 6.45) is 7.47. The van der Waals surface area contributed by atoms with Crippen molar-refractivity contribution in [3.63, 3.8) is 0 Å². The van der Waals surface area contributed by atoms with Crippen molar-refractivity contribution in [2.75, 3.05) is 38.2 Å². The molecule has 38 heavy (non-hydrogen) atoms. The van der Waals surface area contributed by atoms with E-state index in [9.17, 15) is 14.3 Å². The van der Waals surface area contributed by atoms with Crippen molar-refractivity contribution in [3.05, 3.63) is 58.5 Å². The molecule has 0 amide bonds. The highest BCUT2D eigenvalue weighted by molar-refractivity contribution is 5.76. The number of nitrogens with one attached hydrogen (secondary N) is 1. The highest BCUT2D eigenvalue weighted by atomic mass is 19.1. The van der Waals surface area contributed by atoms with E-state index in [1.54, 1.807) is 6.07 Å². The standard InChI is InChI=1S/C30H40FN3O4/c1-20-7-12-27(38-19-20)25-11-9-22(31)17-26(25)28(30(35)36)34-15-13-24(18-34)37-16-3-2-6-23-10-8-21-5-4-14-32-29(21)33-23/h8-11,17,20,24,27-28H,2-7,12-16,18-19H2,1H3,(H,32,33)(H,35,36)/t20?,24-,27+,28-/m1/s1. The topological polar surface area (TPSA) is 83.9 Å². The highest BCUT2D eigenvalue weighted by Crippen LogP contribution is 2.37. The molecule has 2 fully saturated rings. The van der Waals surface area contributed by atoms with Crippen LogP contribution in [0.15, 0.2) is 30.3 Å². The number of benzene rings is 1. The molecule has 0 saturated carbocycles. The third-order valence-electron chi connectivity index (χ3n) is 8.10. The highest BCUT2D eigenvalue weighted by Gasteiger charge is 2.37. The van der Waals surface area contributed by atoms with Crippen LogP contribution in [0.2, 0.25) is 0 Å². The lowest BCUT2D eigenvalue weighted by Crippen LogP contribution is -2.35. The molecule has 5 rings (SSSR count). The summed E-state index contributed by atoms with van der Waals surface area (Å²) in [7, 11) is 0. The number of pyridine rings is 1. The Labute approximate surface area is 224 Å². The number of hydrogen-bond acceptors (Lipinski definition) is 6. The Balaban J connectivity index is 1.14. The number of nitrogens with zero attached hydrogens (tertiary/aromatic N) is 2. The van der Waals surface area contributed by atoms with Gasteiger partial charge >= 0.3 is 5.97 Å². The van der Waals surface area contributed by atoms with E-state index in [1.165, 1.54) is 17.7 Å². The molecule has 0 spiro atoms. The number of aromatic nitrogens is 1. The number of ether oxygens (including phenoxy) is 2. The Morgan fingerprint density at radius 3 is 2.97 bits per heavy atom. The number of halogens is 1. The van der Waals surface area contributed by atoms with Crippen molar-refractivity contribution in [2.45, 2.75) is 76.5 Å². The van der Waals surface area contributed by atoms with E-state index in [2.05, 4.69) is 24.4 Å². The fraction of sp³-hybridized carbons (Fsp3) is 0.600. The average Bonchev–Trinajstić information content (AvgIpc) is 3.37. The monoisotopic (exact) mass is 525 g/mol. The van der Waals surface area contributed by atoms with Crippen molar-refractivity contribution < 1.29 is 23.8 Å². The number of likely N-dealkylation sites (tertiary alicyclic amines) is 1. The summed E-state index contributed by atoms with van der Waals surface area (Å²) in [6.45, 7) is 5.54. The van der Waals surface area contributed by atoms with Crippen molar-refractivity contribution in [3.8, 4) is 0 Å². The molecule has 3 aliphatic heterocycles. The minimum Gasteiger partial charge on any atom is -0.480 e. The van der Waals surface area contributed by atoms with Crippen LogP contribution >= 0.6 is 0 Å². The van der Waals surface area contributed by atoms with Crippen molar-refractivity contribution in [2.24, 2.45) is 5.92 Å². The zero-order valence-corrected chi connectivity index (χ0v) is 22.3. The summed E-state index contributed by atoms with van der Waals surface area (Å²) in [5, 5.41) is 13.6. The predicted molar refractivity (Wildman–Crippen MR) is 144 cm³/mol. The first kappa shape index (κ1) is 27.0. The fourth-order valence-corrected chi connectivity index (χ4v) is 5.98. The molecule has 0 bridgehead atoms. The normalized spacial score (nSPS) is 24.5. The SMILES string of the molecule is CC1CC[C@@H](c2ccc(F)cc2[C@H](C(=O)O)N2CC[C@@H](OCCCCc3ccc4c(n3)NCCC4)C2)OC1. The van der Waals surface area contributed by atoms with Gasteiger partial charge in [0.2, 0.25) is 0 Å². The molecule has 0 radical (unpaired) electrons. The Bertz CT molecular complexity index is 1100. The quantitative estimate of drug-likeness (QED) is 0.407. The van der Waals surface area contributed by atoms with Gasteiger partial charge in [0.1, 0.15) is 17.7 Å². The summed E-state index contributed by atoms with van der Waals surface area (Å²) in [6, 6.07) is 7.91. The van der Waals surface area contributed by atoms with Crippen LogP contribution in [0.5, 0.6) is 0 Å². The van der Waals surface area contributed by atoms with Gasteiger partial charge in [-0.1, -0.05) is 19.1 Å². The molecule has 4 atom stereocenters. The average molecular weight is 526 g/mol. The zero-order chi connectivity index (χ0) is 26.5. The molecule has 206 valence electrons. The van der Waals surface area contributed by atoms with E-state index >= 15 is 0 Å². The lowest BCUT2D eigenvalue weighted by molar-refractivity contribution is -0.143. The first-order chi connectivity index (χ1) is 18.5. The summed E-state index contributed by atoms with van der Waals surface area (Å²) in [4.78, 5) is 19.1. The molecule has 8 heteroatoms. The van der Waals surface area contributed by atoms with Crippen molar-refractivity contribution >= 4 is 11.8 Å². The number of rotatable bonds is 10. The number of carboxylic acid groups (broad SMARTS) is 1. The molecule has 2 N–H and O–H groups in total. The molecule has 1 aromatic carbocycles. The van der Waals surface area contributed by atoms with E-state index in [-0.39, 0.29) is 12.2 Å². The van der Waals surface area contributed by atoms with Gasteiger partial charge in [0.05, 0.1) is 12.2 Å². The lowest BCUT2D eigenvalue weighted by Gasteiger charge is -2.32. The number of carbonyl (C=O) groups is 1. The molecule has 4 heterocycles. The molecule has 0 aliphatic carbocycles. The van der Waals surface area contributed by atoms with Gasteiger partial charge in [0.25, 0.3) is 0 Å². The maximum absolute atomic E-state index is 14.3. The summed E-state index contributed by atoms with van der Waals surface area (Å²) < 4.78 is 26.5. The van der Waals surface area contributed by atoms with Crippen LogP contribution in [0.3, 0.4) is 0 Å². The van der Waals surface area contributed by atoms with E-state index in [4.69, 9.17) is 14.5 Å². The maximum atomic E-state index is 14.3. The molecular formula is C30H40FN3O4. The van der Waals surface area contributed by atoms with Gasteiger partial charge in [-0.2, -0.15) is 0 Å². The van der Waals surface area contributed by atoms with Crippen LogP contribution in [0.25, 0.3) is 0 Å². The van der Waals surface area contributed by atoms with Crippen molar-refractivity contribution in [1.82, 2.24) is 9.88 Å². The Morgan fingerprint density at radius 1 is 1.26 bits per heavy atom. The minimum absolute atomic E-state index is 0.0216. The number of aliphatic carboxylic acids is 1. The molecule has 3 aliphatic rings. The first-order valence-corrected chi connectivity index (χ1v) is 14.2. The van der Waals surface area contributed by atoms with E-state index in [1.807, 2.05) is 4.90 Å². The maximum Gasteiger partial charge on any atom is 0.325 e. The molecule has 1 aromatic heterocycles. The van der Waals surface area contributed by atoms with Crippen LogP contribution in [-0.2, 0) is 27.1 Å². The van der Waals surface area contributed by atoms with Crippen LogP contribution < -0.4 is 5.32 Å². The number of aryl methyl sites for hydroxylation is 2. The van der Waals surface area contributed by atoms with Crippen LogP contribution in [0.4, 0.5) is 10.2 Å². The number of hydrogen-bond donors (Lipinski definition) is 2. The molecule has 2 saturated heterocycles. The van der Waals surface area contributed by atoms with Gasteiger partial charge in [-0.3, -0.25) is 9.69 Å². The number of fused-ring (bicyclic) bond motifs is 1. The molecule has 2 aromatic rings. The third-order valence-corrected chi connectivity index (χ3v) is 8.10. The molecular weight excluding hydrogens is 485 g/mol. The number of carboxylic acids is 1. The molecule has 7 nitrogen and oxygen atoms in total. The van der Waals surface area contributed by atoms with Crippen LogP contribution in [0.1, 0.15) is 80.0 Å². The second-order valence-electron chi connectivity index (χ2n) is 11.1. The van der Waals surface area contributed by atoms with Crippen LogP contribution in [-0.4, -0.2) is 59.9 Å². The zero-order valence-electron chi connectivity index (χ0n) is 22.3. The largest absolute Gasteiger partial charge is 0.480 e. The predicted octanol–water partition coefficient (Wildman–Crippen LogP) is 5.31. The number of unbranched alkanes of at least 4 members (excludes halogenated alkanes) is 1. The Kier molecular flexibility index (Phi) is 8.92. The fourth-order valence-electron chi connectivity index (χ4n) is 5.98. The van der Waals surface area contributed by atoms with Gasteiger partial charge in [0.15, 0.2) is 0 Å². The van der Waals surface area contributed by atoms with Gasteiger partial charge in [0, 0.05) is 38.5 Å². The smallest absolute Gasteiger partial charge is 0.325 e. The lowest BCUT2D eigenvalue weighted by atomic mass is 9.90. The number of anilines is 1. The Hall–Kier alpha value is -2.55. The summed E-state index contributed by atoms with van der Waals surface area (Å²) >= 11 is 0.